The number of carbonyl (C=O) groups is 1. The first-order valence-electron chi connectivity index (χ1n) is 3.54. The van der Waals surface area contributed by atoms with E-state index in [9.17, 15) is 9.18 Å². The van der Waals surface area contributed by atoms with Crippen molar-refractivity contribution in [1.29, 1.82) is 0 Å². The predicted molar refractivity (Wildman–Crippen MR) is 49.7 cm³/mol. The third kappa shape index (κ3) is 5.61. The summed E-state index contributed by atoms with van der Waals surface area (Å²) in [7, 11) is 1.26. The fourth-order valence-corrected chi connectivity index (χ4v) is 0.588. The van der Waals surface area contributed by atoms with Gasteiger partial charge >= 0.3 is 5.97 Å². The Morgan fingerprint density at radius 2 is 2.08 bits per heavy atom. The second kappa shape index (κ2) is 5.94. The van der Waals surface area contributed by atoms with Crippen molar-refractivity contribution in [2.45, 2.75) is 0 Å². The molecule has 0 aromatic rings. The molecule has 0 fully saturated rings. The van der Waals surface area contributed by atoms with Crippen molar-refractivity contribution in [3.63, 3.8) is 0 Å². The standard InChI is InChI=1S/C10H11FO2/c1-4-9(7-8(2)11)5-6-10(12)13-3/h4-7H,1-2H2,3H3/b6-5+,9-7+. The van der Waals surface area contributed by atoms with Crippen LogP contribution in [0.2, 0.25) is 0 Å². The molecule has 0 aliphatic heterocycles. The van der Waals surface area contributed by atoms with E-state index in [2.05, 4.69) is 17.9 Å². The molecule has 0 spiro atoms. The van der Waals surface area contributed by atoms with Gasteiger partial charge in [0.15, 0.2) is 0 Å². The molecule has 13 heavy (non-hydrogen) atoms. The van der Waals surface area contributed by atoms with E-state index < -0.39 is 11.8 Å². The Bertz CT molecular complexity index is 275. The molecular formula is C10H11FO2. The van der Waals surface area contributed by atoms with E-state index in [1.54, 1.807) is 0 Å². The van der Waals surface area contributed by atoms with Crippen molar-refractivity contribution in [2.24, 2.45) is 0 Å². The Kier molecular flexibility index (Phi) is 5.19. The number of ether oxygens (including phenoxy) is 1. The molecule has 0 aromatic carbocycles. The van der Waals surface area contributed by atoms with Crippen molar-refractivity contribution in [3.05, 3.63) is 48.9 Å². The summed E-state index contributed by atoms with van der Waals surface area (Å²) in [5.74, 6) is -1.10. The maximum atomic E-state index is 12.3. The number of hydrogen-bond donors (Lipinski definition) is 0. The Balaban J connectivity index is 4.46. The molecule has 0 saturated heterocycles. The molecule has 3 heteroatoms. The maximum Gasteiger partial charge on any atom is 0.330 e. The van der Waals surface area contributed by atoms with Gasteiger partial charge in [-0.2, -0.15) is 0 Å². The van der Waals surface area contributed by atoms with Crippen molar-refractivity contribution < 1.29 is 13.9 Å². The minimum atomic E-state index is -0.593. The molecule has 0 saturated carbocycles. The van der Waals surface area contributed by atoms with Crippen LogP contribution in [0, 0.1) is 0 Å². The van der Waals surface area contributed by atoms with Crippen LogP contribution in [0.1, 0.15) is 0 Å². The number of methoxy groups -OCH3 is 1. The molecule has 0 radical (unpaired) electrons. The zero-order valence-electron chi connectivity index (χ0n) is 7.42. The van der Waals surface area contributed by atoms with Crippen LogP contribution in [0.25, 0.3) is 0 Å². The molecule has 0 rings (SSSR count). The van der Waals surface area contributed by atoms with Gasteiger partial charge in [0.05, 0.1) is 7.11 Å². The van der Waals surface area contributed by atoms with Crippen LogP contribution in [0.15, 0.2) is 48.9 Å². The molecule has 0 N–H and O–H groups in total. The van der Waals surface area contributed by atoms with Crippen LogP contribution < -0.4 is 0 Å². The first kappa shape index (κ1) is 11.4. The lowest BCUT2D eigenvalue weighted by atomic mass is 10.2. The van der Waals surface area contributed by atoms with Gasteiger partial charge in [0, 0.05) is 6.08 Å². The lowest BCUT2D eigenvalue weighted by Gasteiger charge is -1.92. The number of allylic oxidation sites excluding steroid dienone is 5. The van der Waals surface area contributed by atoms with Crippen LogP contribution in [-0.4, -0.2) is 13.1 Å². The summed E-state index contributed by atoms with van der Waals surface area (Å²) in [6.45, 7) is 6.49. The Hall–Kier alpha value is -1.64. The van der Waals surface area contributed by atoms with Crippen molar-refractivity contribution in [3.8, 4) is 0 Å². The highest BCUT2D eigenvalue weighted by Crippen LogP contribution is 2.04. The summed E-state index contributed by atoms with van der Waals surface area (Å²) >= 11 is 0. The first-order chi connectivity index (χ1) is 6.10. The number of esters is 1. The van der Waals surface area contributed by atoms with E-state index in [4.69, 9.17) is 0 Å². The van der Waals surface area contributed by atoms with Crippen LogP contribution in [0.3, 0.4) is 0 Å². The molecule has 0 aromatic heterocycles. The van der Waals surface area contributed by atoms with E-state index in [0.29, 0.717) is 5.57 Å². The van der Waals surface area contributed by atoms with Crippen LogP contribution in [-0.2, 0) is 9.53 Å². The minimum absolute atomic E-state index is 0.456. The fourth-order valence-electron chi connectivity index (χ4n) is 0.588. The van der Waals surface area contributed by atoms with Gasteiger partial charge in [0.2, 0.25) is 0 Å². The number of carbonyl (C=O) groups excluding carboxylic acids is 1. The molecule has 70 valence electrons. The van der Waals surface area contributed by atoms with Gasteiger partial charge in [0.1, 0.15) is 5.83 Å². The molecule has 0 heterocycles. The van der Waals surface area contributed by atoms with E-state index >= 15 is 0 Å². The smallest absolute Gasteiger partial charge is 0.330 e. The Morgan fingerprint density at radius 3 is 2.46 bits per heavy atom. The van der Waals surface area contributed by atoms with Gasteiger partial charge in [-0.3, -0.25) is 0 Å². The topological polar surface area (TPSA) is 26.3 Å². The quantitative estimate of drug-likeness (QED) is 0.379. The third-order valence-corrected chi connectivity index (χ3v) is 1.17. The highest BCUT2D eigenvalue weighted by molar-refractivity contribution is 5.82. The average molecular weight is 182 g/mol. The first-order valence-corrected chi connectivity index (χ1v) is 3.54. The van der Waals surface area contributed by atoms with Crippen LogP contribution in [0.4, 0.5) is 4.39 Å². The summed E-state index contributed by atoms with van der Waals surface area (Å²) in [5.41, 5.74) is 0.456. The second-order valence-electron chi connectivity index (χ2n) is 2.15. The molecule has 0 amide bonds. The van der Waals surface area contributed by atoms with Gasteiger partial charge in [-0.25, -0.2) is 9.18 Å². The van der Waals surface area contributed by atoms with Crippen molar-refractivity contribution in [2.75, 3.05) is 7.11 Å². The third-order valence-electron chi connectivity index (χ3n) is 1.17. The lowest BCUT2D eigenvalue weighted by Crippen LogP contribution is -1.93. The van der Waals surface area contributed by atoms with Gasteiger partial charge in [-0.15, -0.1) is 0 Å². The summed E-state index contributed by atoms with van der Waals surface area (Å²) < 4.78 is 16.6. The zero-order valence-corrected chi connectivity index (χ0v) is 7.42. The molecule has 0 unspecified atom stereocenters. The molecular weight excluding hydrogens is 171 g/mol. The van der Waals surface area contributed by atoms with Gasteiger partial charge < -0.3 is 4.74 Å². The second-order valence-corrected chi connectivity index (χ2v) is 2.15. The monoisotopic (exact) mass is 182 g/mol. The van der Waals surface area contributed by atoms with Crippen molar-refractivity contribution in [1.82, 2.24) is 0 Å². The van der Waals surface area contributed by atoms with E-state index in [0.717, 1.165) is 6.08 Å². The summed E-state index contributed by atoms with van der Waals surface area (Å²) in [5, 5.41) is 0. The Labute approximate surface area is 76.7 Å². The lowest BCUT2D eigenvalue weighted by molar-refractivity contribution is -0.134. The summed E-state index contributed by atoms with van der Waals surface area (Å²) in [6.07, 6.45) is 5.14. The van der Waals surface area contributed by atoms with Crippen LogP contribution >= 0.6 is 0 Å². The minimum Gasteiger partial charge on any atom is -0.466 e. The number of rotatable bonds is 4. The summed E-state index contributed by atoms with van der Waals surface area (Å²) in [6, 6.07) is 0. The highest BCUT2D eigenvalue weighted by Gasteiger charge is 1.92. The predicted octanol–water partition coefficient (Wildman–Crippen LogP) is 2.31. The highest BCUT2D eigenvalue weighted by atomic mass is 19.1. The Morgan fingerprint density at radius 1 is 1.46 bits per heavy atom. The summed E-state index contributed by atoms with van der Waals surface area (Å²) in [4.78, 5) is 10.6. The number of halogens is 1. The van der Waals surface area contributed by atoms with Crippen molar-refractivity contribution >= 4 is 5.97 Å². The van der Waals surface area contributed by atoms with Gasteiger partial charge in [-0.05, 0) is 17.7 Å². The van der Waals surface area contributed by atoms with Gasteiger partial charge in [-0.1, -0.05) is 19.2 Å². The van der Waals surface area contributed by atoms with E-state index in [1.165, 1.54) is 25.3 Å². The van der Waals surface area contributed by atoms with Crippen LogP contribution in [0.5, 0.6) is 0 Å². The zero-order chi connectivity index (χ0) is 10.3. The maximum absolute atomic E-state index is 12.3. The van der Waals surface area contributed by atoms with E-state index in [1.807, 2.05) is 0 Å². The number of hydrogen-bond acceptors (Lipinski definition) is 2. The van der Waals surface area contributed by atoms with Gasteiger partial charge in [0.25, 0.3) is 0 Å². The molecule has 0 aliphatic rings. The largest absolute Gasteiger partial charge is 0.466 e. The SMILES string of the molecule is C=CC(/C=C/C(=O)OC)=C\C(=C)F. The average Bonchev–Trinajstić information content (AvgIpc) is 2.10. The van der Waals surface area contributed by atoms with E-state index in [-0.39, 0.29) is 0 Å². The molecule has 2 nitrogen and oxygen atoms in total. The normalized spacial score (nSPS) is 11.4. The molecule has 0 bridgehead atoms. The molecule has 0 aliphatic carbocycles. The molecule has 0 atom stereocenters. The fraction of sp³-hybridized carbons (Fsp3) is 0.100.